The van der Waals surface area contributed by atoms with Crippen molar-refractivity contribution < 1.29 is 86.3 Å². The third-order valence-corrected chi connectivity index (χ3v) is 36.4. The van der Waals surface area contributed by atoms with E-state index >= 15 is 0 Å². The first-order chi connectivity index (χ1) is 57.8. The van der Waals surface area contributed by atoms with Gasteiger partial charge in [-0.15, -0.1) is 0 Å². The van der Waals surface area contributed by atoms with Gasteiger partial charge in [-0.1, -0.05) is 196 Å². The van der Waals surface area contributed by atoms with Gasteiger partial charge in [0.1, 0.15) is 23.0 Å². The first-order valence-corrected chi connectivity index (χ1v) is 48.7. The summed E-state index contributed by atoms with van der Waals surface area (Å²) in [6.45, 7) is 0.809. The third-order valence-electron chi connectivity index (χ3n) is 19.4. The van der Waals surface area contributed by atoms with Gasteiger partial charge < -0.3 is 28.7 Å². The van der Waals surface area contributed by atoms with Gasteiger partial charge in [0, 0.05) is 61.1 Å². The zero-order valence-corrected chi connectivity index (χ0v) is 74.3. The van der Waals surface area contributed by atoms with Crippen molar-refractivity contribution in [2.75, 3.05) is 66.4 Å². The SMILES string of the molecule is COc1ccc(CN(S(=O)(=O)c2ccc(C)cc2)S(=O)(=O)c2cccc(S(=O)(=O)N(Cc3ccc(OC)cc3)S(=O)(=O)c3cccc4c(N(C)C)cccc34)c2)cc1.COc1ccc(CN(S(=O)(=O)c2ccc(C)cc2)S(=O)(=O)c2cccc(S(=O)(=O)N(Cc3ccc(OC)cc3)S(=O)(=O)c3cccc4c(N(C)C)cccc34)c2)cc1.c1ccccc1. The van der Waals surface area contributed by atoms with Gasteiger partial charge in [-0.3, -0.25) is 0 Å². The van der Waals surface area contributed by atoms with E-state index < -0.39 is 126 Å². The van der Waals surface area contributed by atoms with E-state index in [1.165, 1.54) is 150 Å². The molecule has 34 heteroatoms. The fourth-order valence-corrected chi connectivity index (χ4v) is 28.0. The molecule has 13 rings (SSSR count). The number of aryl methyl sites for hydroxylation is 2. The van der Waals surface area contributed by atoms with E-state index in [1.807, 2.05) is 36.4 Å². The van der Waals surface area contributed by atoms with Crippen LogP contribution in [0.1, 0.15) is 33.4 Å². The standard InChI is InChI=1S/2C41H41N3O10S4.C6H6/c2*1-30-15-25-35(26-16-30)55(45,46)43(28-31-17-21-33(53-4)22-18-31)56(47,48)36-9-6-10-37(27-36)57(49,50)44(29-32-19-23-34(54-5)24-20-32)58(51,52)41-14-8-11-38-39(41)12-7-13-40(38)42(2)3;1-2-4-6-5-3-1/h2*6-27H,28-29H2,1-5H3;1-6H. The van der Waals surface area contributed by atoms with Crippen molar-refractivity contribution in [1.29, 1.82) is 0 Å². The van der Waals surface area contributed by atoms with Gasteiger partial charge in [0.05, 0.1) is 93.8 Å². The maximum absolute atomic E-state index is 14.8. The molecule has 26 nitrogen and oxygen atoms in total. The van der Waals surface area contributed by atoms with E-state index in [-0.39, 0.29) is 52.6 Å². The minimum Gasteiger partial charge on any atom is -0.497 e. The predicted molar refractivity (Wildman–Crippen MR) is 470 cm³/mol. The van der Waals surface area contributed by atoms with Gasteiger partial charge in [0.2, 0.25) is 0 Å². The number of benzene rings is 13. The quantitative estimate of drug-likeness (QED) is 0.0403. The van der Waals surface area contributed by atoms with Gasteiger partial charge >= 0.3 is 0 Å². The molecule has 638 valence electrons. The van der Waals surface area contributed by atoms with Gasteiger partial charge in [-0.2, -0.15) is 0 Å². The second-order valence-electron chi connectivity index (χ2n) is 27.9. The van der Waals surface area contributed by atoms with Crippen LogP contribution in [-0.4, -0.2) is 139 Å². The Kier molecular flexibility index (Phi) is 28.4. The molecule has 0 spiro atoms. The highest BCUT2D eigenvalue weighted by atomic mass is 32.3. The molecular formula is C88H88N6O20S8. The summed E-state index contributed by atoms with van der Waals surface area (Å²) in [5.41, 5.74) is 3.98. The number of anilines is 2. The Morgan fingerprint density at radius 3 is 0.672 bits per heavy atom. The summed E-state index contributed by atoms with van der Waals surface area (Å²) >= 11 is 0. The molecule has 0 fully saturated rings. The number of nitrogens with zero attached hydrogens (tertiary/aromatic N) is 6. The molecule has 0 saturated heterocycles. The largest absolute Gasteiger partial charge is 0.497 e. The zero-order valence-electron chi connectivity index (χ0n) is 67.8. The van der Waals surface area contributed by atoms with Crippen LogP contribution in [0.5, 0.6) is 23.0 Å². The lowest BCUT2D eigenvalue weighted by atomic mass is 10.1. The van der Waals surface area contributed by atoms with Crippen LogP contribution >= 0.6 is 0 Å². The molecule has 0 radical (unpaired) electrons. The lowest BCUT2D eigenvalue weighted by Crippen LogP contribution is -2.37. The molecule has 0 amide bonds. The van der Waals surface area contributed by atoms with Crippen LogP contribution in [-0.2, 0) is 106 Å². The van der Waals surface area contributed by atoms with E-state index in [0.717, 1.165) is 59.7 Å². The van der Waals surface area contributed by atoms with E-state index in [9.17, 15) is 67.3 Å². The van der Waals surface area contributed by atoms with Crippen molar-refractivity contribution in [3.05, 3.63) is 337 Å². The number of ether oxygens (including phenoxy) is 4. The summed E-state index contributed by atoms with van der Waals surface area (Å²) in [4.78, 5) is -0.476. The first-order valence-electron chi connectivity index (χ1n) is 37.2. The number of hydrogen-bond donors (Lipinski definition) is 0. The minimum atomic E-state index is -5.13. The molecule has 13 aromatic carbocycles. The van der Waals surface area contributed by atoms with Crippen molar-refractivity contribution in [3.8, 4) is 23.0 Å². The van der Waals surface area contributed by atoms with Crippen LogP contribution < -0.4 is 28.7 Å². The summed E-state index contributed by atoms with van der Waals surface area (Å²) in [6.07, 6.45) is 0. The van der Waals surface area contributed by atoms with Crippen molar-refractivity contribution in [1.82, 2.24) is 14.8 Å². The van der Waals surface area contributed by atoms with Gasteiger partial charge in [-0.25, -0.2) is 67.3 Å². The van der Waals surface area contributed by atoms with Crippen LogP contribution in [0.2, 0.25) is 0 Å². The second kappa shape index (κ2) is 37.9. The molecular weight excluding hydrogens is 1720 g/mol. The summed E-state index contributed by atoms with van der Waals surface area (Å²) in [5.74, 6) is 1.80. The smallest absolute Gasteiger partial charge is 0.257 e. The van der Waals surface area contributed by atoms with E-state index in [2.05, 4.69) is 0 Å². The lowest BCUT2D eigenvalue weighted by Gasteiger charge is -2.25. The maximum Gasteiger partial charge on any atom is 0.257 e. The molecule has 0 atom stereocenters. The molecule has 0 heterocycles. The van der Waals surface area contributed by atoms with E-state index in [1.54, 1.807) is 149 Å². The van der Waals surface area contributed by atoms with Crippen molar-refractivity contribution in [2.45, 2.75) is 79.2 Å². The molecule has 0 aliphatic rings. The molecule has 0 aliphatic carbocycles. The van der Waals surface area contributed by atoms with Crippen LogP contribution in [0, 0.1) is 13.8 Å². The molecule has 0 aliphatic heterocycles. The molecule has 13 aromatic rings. The Bertz CT molecular complexity index is 6480. The topological polar surface area (TPSA) is 329 Å². The highest BCUT2D eigenvalue weighted by Crippen LogP contribution is 2.40. The highest BCUT2D eigenvalue weighted by molar-refractivity contribution is 8.06. The van der Waals surface area contributed by atoms with Crippen LogP contribution in [0.4, 0.5) is 11.4 Å². The average Bonchev–Trinajstić information content (AvgIpc) is 0.741. The fourth-order valence-electron chi connectivity index (χ4n) is 12.8. The average molecular weight is 1810 g/mol. The molecule has 0 saturated carbocycles. The number of rotatable bonds is 30. The molecule has 0 N–H and O–H groups in total. The lowest BCUT2D eigenvalue weighted by molar-refractivity contribution is 0.414. The van der Waals surface area contributed by atoms with Gasteiger partial charge in [-0.05, 0) is 170 Å². The van der Waals surface area contributed by atoms with Gasteiger partial charge in [0.15, 0.2) is 0 Å². The van der Waals surface area contributed by atoms with Crippen LogP contribution in [0.25, 0.3) is 21.5 Å². The monoisotopic (exact) mass is 1800 g/mol. The third kappa shape index (κ3) is 20.0. The van der Waals surface area contributed by atoms with Crippen molar-refractivity contribution in [3.63, 3.8) is 0 Å². The summed E-state index contributed by atoms with van der Waals surface area (Å²) in [6, 6.07) is 74.8. The van der Waals surface area contributed by atoms with E-state index in [4.69, 9.17) is 18.9 Å². The highest BCUT2D eigenvalue weighted by Gasteiger charge is 2.44. The predicted octanol–water partition coefficient (Wildman–Crippen LogP) is 14.5. The summed E-state index contributed by atoms with van der Waals surface area (Å²) < 4.78 is 256. The minimum absolute atomic E-state index is 0.260. The van der Waals surface area contributed by atoms with Crippen molar-refractivity contribution in [2.24, 2.45) is 0 Å². The Balaban J connectivity index is 0.000000222. The summed E-state index contributed by atoms with van der Waals surface area (Å²) in [5, 5.41) is 1.62. The Labute approximate surface area is 714 Å². The zero-order chi connectivity index (χ0) is 88.3. The maximum atomic E-state index is 14.8. The normalized spacial score (nSPS) is 12.3. The van der Waals surface area contributed by atoms with Gasteiger partial charge in [0.25, 0.3) is 80.2 Å². The Morgan fingerprint density at radius 2 is 0.434 bits per heavy atom. The second-order valence-corrected chi connectivity index (χ2v) is 43.7. The van der Waals surface area contributed by atoms with Crippen LogP contribution in [0.15, 0.2) is 342 Å². The number of methoxy groups -OCH3 is 4. The Hall–Kier alpha value is -11.4. The van der Waals surface area contributed by atoms with E-state index in [0.29, 0.717) is 60.0 Å². The first kappa shape index (κ1) is 91.4. The molecule has 0 aromatic heterocycles. The Morgan fingerprint density at radius 1 is 0.221 bits per heavy atom. The molecule has 122 heavy (non-hydrogen) atoms. The number of hydrogen-bond acceptors (Lipinski definition) is 22. The van der Waals surface area contributed by atoms with Crippen molar-refractivity contribution >= 4 is 113 Å². The summed E-state index contributed by atoms with van der Waals surface area (Å²) in [7, 11) is -26.9. The van der Waals surface area contributed by atoms with Crippen LogP contribution in [0.3, 0.4) is 0 Å². The number of sulfonamides is 8. The molecule has 0 bridgehead atoms. The fraction of sp³-hybridized carbons (Fsp3) is 0.159. The molecule has 0 unspecified atom stereocenters. The number of fused-ring (bicyclic) bond motifs is 2.